The van der Waals surface area contributed by atoms with Crippen molar-refractivity contribution >= 4 is 35.1 Å². The van der Waals surface area contributed by atoms with Crippen molar-refractivity contribution < 1.29 is 0 Å². The van der Waals surface area contributed by atoms with Crippen LogP contribution in [0.4, 0.5) is 11.4 Å². The topological polar surface area (TPSA) is 3.24 Å². The minimum absolute atomic E-state index is 1.24. The minimum Gasteiger partial charge on any atom is -0.278 e. The second kappa shape index (κ2) is 5.51. The smallest absolute Gasteiger partial charge is 0.0668 e. The molecule has 0 N–H and O–H groups in total. The molecule has 0 atom stereocenters. The van der Waals surface area contributed by atoms with E-state index in [1.165, 1.54) is 26.1 Å². The van der Waals surface area contributed by atoms with Gasteiger partial charge in [0.25, 0.3) is 0 Å². The fraction of sp³-hybridized carbons (Fsp3) is 0. The van der Waals surface area contributed by atoms with Gasteiger partial charge >= 0.3 is 0 Å². The molecule has 0 saturated carbocycles. The monoisotopic (exact) mass is 307 g/mol. The molecule has 4 rings (SSSR count). The number of nitrogens with zero attached hydrogens (tertiary/aromatic N) is 1. The summed E-state index contributed by atoms with van der Waals surface area (Å²) in [6.07, 6.45) is 0. The zero-order valence-electron chi connectivity index (χ0n) is 11.3. The van der Waals surface area contributed by atoms with E-state index in [0.717, 1.165) is 0 Å². The van der Waals surface area contributed by atoms with Crippen LogP contribution < -0.4 is 4.31 Å². The minimum atomic E-state index is 1.24. The van der Waals surface area contributed by atoms with E-state index >= 15 is 0 Å². The van der Waals surface area contributed by atoms with E-state index in [4.69, 9.17) is 0 Å². The molecule has 102 valence electrons. The molecule has 1 heterocycles. The maximum Gasteiger partial charge on any atom is 0.0668 e. The molecule has 1 aliphatic heterocycles. The van der Waals surface area contributed by atoms with Gasteiger partial charge in [-0.05, 0) is 48.3 Å². The molecule has 3 heteroatoms. The van der Waals surface area contributed by atoms with Gasteiger partial charge < -0.3 is 0 Å². The van der Waals surface area contributed by atoms with Gasteiger partial charge in [-0.25, -0.2) is 0 Å². The summed E-state index contributed by atoms with van der Waals surface area (Å²) in [5.41, 5.74) is 2.52. The molecular formula is C18H13NS2. The molecule has 0 fully saturated rings. The number of hydrogen-bond acceptors (Lipinski definition) is 3. The van der Waals surface area contributed by atoms with E-state index in [1.807, 2.05) is 11.8 Å². The lowest BCUT2D eigenvalue weighted by atomic mass is 10.2. The van der Waals surface area contributed by atoms with E-state index in [0.29, 0.717) is 0 Å². The van der Waals surface area contributed by atoms with Gasteiger partial charge in [0.2, 0.25) is 0 Å². The molecule has 3 aromatic rings. The average molecular weight is 307 g/mol. The molecule has 1 aliphatic rings. The van der Waals surface area contributed by atoms with Crippen LogP contribution in [-0.2, 0) is 0 Å². The Morgan fingerprint density at radius 3 is 1.76 bits per heavy atom. The zero-order chi connectivity index (χ0) is 14.1. The van der Waals surface area contributed by atoms with Crippen molar-refractivity contribution in [2.45, 2.75) is 14.7 Å². The standard InChI is InChI=1S/C18H13NS2/c1-2-8-14(9-3-1)21-19-15-10-4-6-12-17(15)20-18-13-7-5-11-16(18)19/h1-13H. The van der Waals surface area contributed by atoms with Crippen LogP contribution >= 0.6 is 23.7 Å². The number of anilines is 2. The van der Waals surface area contributed by atoms with Gasteiger partial charge in [-0.15, -0.1) is 0 Å². The van der Waals surface area contributed by atoms with Gasteiger partial charge in [0.1, 0.15) is 0 Å². The third kappa shape index (κ3) is 2.43. The summed E-state index contributed by atoms with van der Waals surface area (Å²) in [7, 11) is 0. The molecule has 0 saturated heterocycles. The van der Waals surface area contributed by atoms with Crippen LogP contribution in [0.3, 0.4) is 0 Å². The maximum absolute atomic E-state index is 2.33. The lowest BCUT2D eigenvalue weighted by Crippen LogP contribution is -2.11. The highest BCUT2D eigenvalue weighted by Crippen LogP contribution is 2.51. The van der Waals surface area contributed by atoms with Crippen molar-refractivity contribution in [2.75, 3.05) is 4.31 Å². The number of rotatable bonds is 2. The highest BCUT2D eigenvalue weighted by Gasteiger charge is 2.23. The fourth-order valence-corrected chi connectivity index (χ4v) is 4.53. The first-order chi connectivity index (χ1) is 10.4. The summed E-state index contributed by atoms with van der Waals surface area (Å²) < 4.78 is 2.33. The average Bonchev–Trinajstić information content (AvgIpc) is 2.55. The zero-order valence-corrected chi connectivity index (χ0v) is 12.9. The Labute approximate surface area is 133 Å². The molecule has 0 aromatic heterocycles. The molecule has 0 spiro atoms. The molecule has 0 amide bonds. The van der Waals surface area contributed by atoms with Crippen LogP contribution in [0.25, 0.3) is 0 Å². The van der Waals surface area contributed by atoms with Gasteiger partial charge in [-0.1, -0.05) is 54.2 Å². The summed E-state index contributed by atoms with van der Waals surface area (Å²) in [6, 6.07) is 27.7. The fourth-order valence-electron chi connectivity index (χ4n) is 2.36. The van der Waals surface area contributed by atoms with Crippen molar-refractivity contribution in [3.8, 4) is 0 Å². The van der Waals surface area contributed by atoms with E-state index in [1.54, 1.807) is 11.9 Å². The first-order valence-electron chi connectivity index (χ1n) is 6.81. The highest BCUT2D eigenvalue weighted by molar-refractivity contribution is 8.02. The van der Waals surface area contributed by atoms with Crippen LogP contribution in [0, 0.1) is 0 Å². The van der Waals surface area contributed by atoms with Gasteiger partial charge in [0.05, 0.1) is 11.4 Å². The normalized spacial score (nSPS) is 12.7. The van der Waals surface area contributed by atoms with E-state index < -0.39 is 0 Å². The highest BCUT2D eigenvalue weighted by atomic mass is 32.2. The Hall–Kier alpha value is -1.84. The van der Waals surface area contributed by atoms with Crippen molar-refractivity contribution in [2.24, 2.45) is 0 Å². The van der Waals surface area contributed by atoms with Gasteiger partial charge in [0.15, 0.2) is 0 Å². The van der Waals surface area contributed by atoms with Gasteiger partial charge in [-0.3, -0.25) is 4.31 Å². The number of benzene rings is 3. The second-order valence-electron chi connectivity index (χ2n) is 4.74. The largest absolute Gasteiger partial charge is 0.278 e. The van der Waals surface area contributed by atoms with Gasteiger partial charge in [-0.2, -0.15) is 0 Å². The summed E-state index contributed by atoms with van der Waals surface area (Å²) in [5, 5.41) is 0. The summed E-state index contributed by atoms with van der Waals surface area (Å²) >= 11 is 3.61. The van der Waals surface area contributed by atoms with Crippen LogP contribution in [-0.4, -0.2) is 0 Å². The second-order valence-corrected chi connectivity index (χ2v) is 6.84. The van der Waals surface area contributed by atoms with Crippen molar-refractivity contribution in [1.82, 2.24) is 0 Å². The van der Waals surface area contributed by atoms with E-state index in [2.05, 4.69) is 83.2 Å². The molecular weight excluding hydrogens is 294 g/mol. The molecule has 0 bridgehead atoms. The van der Waals surface area contributed by atoms with Crippen LogP contribution in [0.5, 0.6) is 0 Å². The first kappa shape index (κ1) is 12.9. The third-order valence-electron chi connectivity index (χ3n) is 3.33. The molecule has 0 unspecified atom stereocenters. The first-order valence-corrected chi connectivity index (χ1v) is 8.40. The van der Waals surface area contributed by atoms with Gasteiger partial charge in [0, 0.05) is 14.7 Å². The Bertz CT molecular complexity index is 725. The molecule has 1 nitrogen and oxygen atoms in total. The van der Waals surface area contributed by atoms with Crippen molar-refractivity contribution in [3.63, 3.8) is 0 Å². The van der Waals surface area contributed by atoms with E-state index in [-0.39, 0.29) is 0 Å². The van der Waals surface area contributed by atoms with Crippen LogP contribution in [0.15, 0.2) is 93.5 Å². The van der Waals surface area contributed by atoms with Crippen LogP contribution in [0.1, 0.15) is 0 Å². The molecule has 3 aromatic carbocycles. The Morgan fingerprint density at radius 1 is 0.619 bits per heavy atom. The van der Waals surface area contributed by atoms with E-state index in [9.17, 15) is 0 Å². The third-order valence-corrected chi connectivity index (χ3v) is 5.52. The molecule has 0 aliphatic carbocycles. The summed E-state index contributed by atoms with van der Waals surface area (Å²) in [4.78, 5) is 3.85. The predicted octanol–water partition coefficient (Wildman–Crippen LogP) is 6.00. The lowest BCUT2D eigenvalue weighted by molar-refractivity contribution is 1.24. The SMILES string of the molecule is c1ccc(SN2c3ccccc3Sc3ccccc32)cc1. The lowest BCUT2D eigenvalue weighted by Gasteiger charge is -2.31. The number of para-hydroxylation sites is 2. The molecule has 21 heavy (non-hydrogen) atoms. The predicted molar refractivity (Wildman–Crippen MR) is 91.4 cm³/mol. The number of fused-ring (bicyclic) bond motifs is 2. The van der Waals surface area contributed by atoms with Crippen molar-refractivity contribution in [1.29, 1.82) is 0 Å². The summed E-state index contributed by atoms with van der Waals surface area (Å²) in [6.45, 7) is 0. The number of hydrogen-bond donors (Lipinski definition) is 0. The quantitative estimate of drug-likeness (QED) is 0.535. The summed E-state index contributed by atoms with van der Waals surface area (Å²) in [5.74, 6) is 0. The Morgan fingerprint density at radius 2 is 1.14 bits per heavy atom. The van der Waals surface area contributed by atoms with Crippen LogP contribution in [0.2, 0.25) is 0 Å². The molecule has 0 radical (unpaired) electrons. The maximum atomic E-state index is 2.33. The Kier molecular flexibility index (Phi) is 3.37. The van der Waals surface area contributed by atoms with Crippen molar-refractivity contribution in [3.05, 3.63) is 78.9 Å². The Balaban J connectivity index is 1.82.